The molecular weight excluding hydrogens is 467 g/mol. The van der Waals surface area contributed by atoms with Crippen molar-refractivity contribution >= 4 is 58.2 Å². The average molecular weight is 484 g/mol. The van der Waals surface area contributed by atoms with Gasteiger partial charge in [0.05, 0.1) is 12.3 Å². The molecule has 30 heavy (non-hydrogen) atoms. The summed E-state index contributed by atoms with van der Waals surface area (Å²) in [4.78, 5) is 12.4. The molecular formula is C20H17Cl3N4O2S. The van der Waals surface area contributed by atoms with Crippen molar-refractivity contribution in [3.63, 3.8) is 0 Å². The van der Waals surface area contributed by atoms with Crippen LogP contribution >= 0.6 is 46.6 Å². The van der Waals surface area contributed by atoms with E-state index in [2.05, 4.69) is 22.2 Å². The number of allylic oxidation sites excluding steroid dienone is 1. The topological polar surface area (TPSA) is 69.0 Å². The molecule has 6 nitrogen and oxygen atoms in total. The molecule has 0 radical (unpaired) electrons. The molecule has 0 aliphatic carbocycles. The Balaban J connectivity index is 1.65. The van der Waals surface area contributed by atoms with Gasteiger partial charge in [0.2, 0.25) is 5.91 Å². The summed E-state index contributed by atoms with van der Waals surface area (Å²) in [6.07, 6.45) is 1.70. The highest BCUT2D eigenvalue weighted by Crippen LogP contribution is 2.25. The first-order chi connectivity index (χ1) is 14.4. The summed E-state index contributed by atoms with van der Waals surface area (Å²) < 4.78 is 7.43. The molecule has 156 valence electrons. The molecule has 0 saturated heterocycles. The number of carbonyl (C=O) groups is 1. The number of carbonyl (C=O) groups excluding carboxylic acids is 1. The zero-order chi connectivity index (χ0) is 21.5. The molecule has 3 rings (SSSR count). The van der Waals surface area contributed by atoms with Crippen LogP contribution in [0.3, 0.4) is 0 Å². The third-order valence-corrected chi connectivity index (χ3v) is 5.55. The zero-order valence-corrected chi connectivity index (χ0v) is 18.7. The Bertz CT molecular complexity index is 1020. The Hall–Kier alpha value is -2.19. The van der Waals surface area contributed by atoms with Crippen LogP contribution in [0.5, 0.6) is 5.75 Å². The molecule has 10 heteroatoms. The molecule has 1 aromatic heterocycles. The number of ether oxygens (including phenoxy) is 1. The van der Waals surface area contributed by atoms with Gasteiger partial charge in [-0.2, -0.15) is 0 Å². The van der Waals surface area contributed by atoms with Crippen LogP contribution in [0.25, 0.3) is 0 Å². The third-order valence-electron chi connectivity index (χ3n) is 3.73. The number of halogens is 3. The zero-order valence-electron chi connectivity index (χ0n) is 15.6. The molecule has 1 heterocycles. The van der Waals surface area contributed by atoms with Gasteiger partial charge in [0.15, 0.2) is 0 Å². The maximum atomic E-state index is 12.4. The molecule has 0 fully saturated rings. The lowest BCUT2D eigenvalue weighted by molar-refractivity contribution is -0.113. The largest absolute Gasteiger partial charge is 0.487 e. The molecule has 0 spiro atoms. The lowest BCUT2D eigenvalue weighted by Crippen LogP contribution is -2.15. The number of hydrogen-bond donors (Lipinski definition) is 1. The van der Waals surface area contributed by atoms with Gasteiger partial charge in [-0.1, -0.05) is 57.9 Å². The highest BCUT2D eigenvalue weighted by atomic mass is 35.5. The van der Waals surface area contributed by atoms with Crippen LogP contribution in [-0.2, 0) is 17.9 Å². The third kappa shape index (κ3) is 6.40. The Labute approximate surface area is 193 Å². The minimum absolute atomic E-state index is 0.141. The average Bonchev–Trinajstić information content (AvgIpc) is 3.07. The van der Waals surface area contributed by atoms with E-state index in [0.717, 1.165) is 5.03 Å². The first-order valence-electron chi connectivity index (χ1n) is 8.75. The van der Waals surface area contributed by atoms with Crippen molar-refractivity contribution in [1.82, 2.24) is 15.0 Å². The van der Waals surface area contributed by atoms with Gasteiger partial charge in [-0.25, -0.2) is 4.68 Å². The van der Waals surface area contributed by atoms with Crippen LogP contribution in [0.15, 0.2) is 60.1 Å². The van der Waals surface area contributed by atoms with E-state index in [1.54, 1.807) is 53.2 Å². The minimum atomic E-state index is -0.214. The van der Waals surface area contributed by atoms with Gasteiger partial charge in [0, 0.05) is 20.8 Å². The van der Waals surface area contributed by atoms with Gasteiger partial charge in [0.1, 0.15) is 23.1 Å². The summed E-state index contributed by atoms with van der Waals surface area (Å²) in [5.74, 6) is 0.584. The standard InChI is InChI=1S/C20H17Cl3N4O2S/c1-2-7-27-20(18(25-26-27)11-29-17-5-3-13(21)4-6-17)30-12-19(28)24-16-9-14(22)8-15(23)10-16/h2-6,8-10H,1,7,11-12H2,(H,24,28). The van der Waals surface area contributed by atoms with Crippen molar-refractivity contribution in [3.05, 3.63) is 75.9 Å². The first-order valence-corrected chi connectivity index (χ1v) is 10.9. The molecule has 0 saturated carbocycles. The predicted octanol–water partition coefficient (Wildman–Crippen LogP) is 5.73. The lowest BCUT2D eigenvalue weighted by atomic mass is 10.3. The number of amides is 1. The van der Waals surface area contributed by atoms with Gasteiger partial charge in [-0.3, -0.25) is 4.79 Å². The van der Waals surface area contributed by atoms with Crippen LogP contribution in [0, 0.1) is 0 Å². The van der Waals surface area contributed by atoms with E-state index in [9.17, 15) is 4.79 Å². The highest BCUT2D eigenvalue weighted by Gasteiger charge is 2.16. The second kappa shape index (κ2) is 10.7. The van der Waals surface area contributed by atoms with Crippen molar-refractivity contribution in [3.8, 4) is 5.75 Å². The fraction of sp³-hybridized carbons (Fsp3) is 0.150. The number of nitrogens with zero attached hydrogens (tertiary/aromatic N) is 3. The smallest absolute Gasteiger partial charge is 0.234 e. The number of nitrogens with one attached hydrogen (secondary N) is 1. The van der Waals surface area contributed by atoms with Gasteiger partial charge < -0.3 is 10.1 Å². The fourth-order valence-electron chi connectivity index (χ4n) is 2.47. The summed E-state index contributed by atoms with van der Waals surface area (Å²) >= 11 is 19.1. The lowest BCUT2D eigenvalue weighted by Gasteiger charge is -2.09. The summed E-state index contributed by atoms with van der Waals surface area (Å²) in [5.41, 5.74) is 1.15. The summed E-state index contributed by atoms with van der Waals surface area (Å²) in [5, 5.41) is 13.3. The number of hydrogen-bond acceptors (Lipinski definition) is 5. The Morgan fingerprint density at radius 2 is 1.83 bits per heavy atom. The number of rotatable bonds is 9. The maximum Gasteiger partial charge on any atom is 0.234 e. The van der Waals surface area contributed by atoms with Gasteiger partial charge in [0.25, 0.3) is 0 Å². The fourth-order valence-corrected chi connectivity index (χ4v) is 3.99. The van der Waals surface area contributed by atoms with Crippen molar-refractivity contribution < 1.29 is 9.53 Å². The number of aromatic nitrogens is 3. The van der Waals surface area contributed by atoms with E-state index < -0.39 is 0 Å². The maximum absolute atomic E-state index is 12.4. The molecule has 2 aromatic carbocycles. The van der Waals surface area contributed by atoms with E-state index in [1.807, 2.05) is 0 Å². The summed E-state index contributed by atoms with van der Waals surface area (Å²) in [6.45, 7) is 4.39. The van der Waals surface area contributed by atoms with E-state index in [1.165, 1.54) is 11.8 Å². The Morgan fingerprint density at radius 3 is 2.50 bits per heavy atom. The van der Waals surface area contributed by atoms with Crippen LogP contribution in [-0.4, -0.2) is 26.7 Å². The normalized spacial score (nSPS) is 10.6. The summed E-state index contributed by atoms with van der Waals surface area (Å²) in [7, 11) is 0. The van der Waals surface area contributed by atoms with Crippen LogP contribution in [0.4, 0.5) is 5.69 Å². The van der Waals surface area contributed by atoms with Crippen LogP contribution in [0.1, 0.15) is 5.69 Å². The molecule has 0 aliphatic heterocycles. The van der Waals surface area contributed by atoms with Gasteiger partial charge in [-0.15, -0.1) is 11.7 Å². The van der Waals surface area contributed by atoms with Crippen molar-refractivity contribution in [2.45, 2.75) is 18.2 Å². The number of anilines is 1. The molecule has 1 amide bonds. The molecule has 3 aromatic rings. The molecule has 1 N–H and O–H groups in total. The molecule has 0 atom stereocenters. The molecule has 0 bridgehead atoms. The van der Waals surface area contributed by atoms with E-state index >= 15 is 0 Å². The van der Waals surface area contributed by atoms with Crippen molar-refractivity contribution in [1.29, 1.82) is 0 Å². The summed E-state index contributed by atoms with van der Waals surface area (Å²) in [6, 6.07) is 11.9. The molecule has 0 unspecified atom stereocenters. The number of benzene rings is 2. The number of thioether (sulfide) groups is 1. The molecule has 0 aliphatic rings. The SMILES string of the molecule is C=CCn1nnc(COc2ccc(Cl)cc2)c1SCC(=O)Nc1cc(Cl)cc(Cl)c1. The predicted molar refractivity (Wildman–Crippen MR) is 122 cm³/mol. The van der Waals surface area contributed by atoms with E-state index in [-0.39, 0.29) is 18.3 Å². The van der Waals surface area contributed by atoms with Crippen LogP contribution < -0.4 is 10.1 Å². The Kier molecular flexibility index (Phi) is 8.04. The van der Waals surface area contributed by atoms with Gasteiger partial charge in [-0.05, 0) is 42.5 Å². The van der Waals surface area contributed by atoms with Crippen molar-refractivity contribution in [2.24, 2.45) is 0 Å². The van der Waals surface area contributed by atoms with Crippen molar-refractivity contribution in [2.75, 3.05) is 11.1 Å². The quantitative estimate of drug-likeness (QED) is 0.311. The minimum Gasteiger partial charge on any atom is -0.487 e. The van der Waals surface area contributed by atoms with Gasteiger partial charge >= 0.3 is 0 Å². The monoisotopic (exact) mass is 482 g/mol. The van der Waals surface area contributed by atoms with Crippen LogP contribution in [0.2, 0.25) is 15.1 Å². The first kappa shape index (κ1) is 22.5. The second-order valence-corrected chi connectivity index (χ2v) is 8.32. The highest BCUT2D eigenvalue weighted by molar-refractivity contribution is 8.00. The van der Waals surface area contributed by atoms with E-state index in [4.69, 9.17) is 39.5 Å². The van der Waals surface area contributed by atoms with E-state index in [0.29, 0.717) is 38.7 Å². The Morgan fingerprint density at radius 1 is 1.13 bits per heavy atom. The second-order valence-electron chi connectivity index (χ2n) is 6.05.